The highest BCUT2D eigenvalue weighted by atomic mass is 32.1. The minimum absolute atomic E-state index is 0.455. The maximum Gasteiger partial charge on any atom is 0.309 e. The van der Waals surface area contributed by atoms with Crippen molar-refractivity contribution >= 4 is 17.3 Å². The van der Waals surface area contributed by atoms with E-state index in [1.807, 2.05) is 6.07 Å². The van der Waals surface area contributed by atoms with Crippen molar-refractivity contribution in [2.24, 2.45) is 11.3 Å². The van der Waals surface area contributed by atoms with Crippen molar-refractivity contribution in [2.45, 2.75) is 51.9 Å². The van der Waals surface area contributed by atoms with E-state index >= 15 is 0 Å². The first-order valence-corrected chi connectivity index (χ1v) is 7.80. The van der Waals surface area contributed by atoms with Crippen LogP contribution in [0.4, 0.5) is 0 Å². The van der Waals surface area contributed by atoms with Crippen molar-refractivity contribution < 1.29 is 9.90 Å². The van der Waals surface area contributed by atoms with Gasteiger partial charge in [0.2, 0.25) is 0 Å². The summed E-state index contributed by atoms with van der Waals surface area (Å²) in [5.41, 5.74) is -0.455. The van der Waals surface area contributed by atoms with Gasteiger partial charge in [-0.1, -0.05) is 32.3 Å². The van der Waals surface area contributed by atoms with E-state index in [0.29, 0.717) is 5.92 Å². The van der Waals surface area contributed by atoms with E-state index in [-0.39, 0.29) is 0 Å². The summed E-state index contributed by atoms with van der Waals surface area (Å²) in [7, 11) is 0. The van der Waals surface area contributed by atoms with Crippen LogP contribution >= 0.6 is 11.3 Å². The Balaban J connectivity index is 2.04. The van der Waals surface area contributed by atoms with Gasteiger partial charge in [0.1, 0.15) is 0 Å². The fraction of sp³-hybridized carbons (Fsp3) is 0.667. The SMILES string of the molecule is CCC1CCCC(CCc2cccs2)(C(=O)O)C1. The number of hydrogen-bond donors (Lipinski definition) is 1. The molecular formula is C15H22O2S. The Bertz CT molecular complexity index is 385. The first kappa shape index (κ1) is 13.6. The molecule has 2 nitrogen and oxygen atoms in total. The van der Waals surface area contributed by atoms with Gasteiger partial charge < -0.3 is 5.11 Å². The second-order valence-electron chi connectivity index (χ2n) is 5.54. The molecule has 18 heavy (non-hydrogen) atoms. The van der Waals surface area contributed by atoms with E-state index in [4.69, 9.17) is 0 Å². The molecule has 0 aliphatic heterocycles. The van der Waals surface area contributed by atoms with Crippen molar-refractivity contribution in [3.8, 4) is 0 Å². The molecule has 2 rings (SSSR count). The van der Waals surface area contributed by atoms with Crippen molar-refractivity contribution in [1.29, 1.82) is 0 Å². The quantitative estimate of drug-likeness (QED) is 0.860. The minimum atomic E-state index is -0.572. The Morgan fingerprint density at radius 3 is 3.06 bits per heavy atom. The summed E-state index contributed by atoms with van der Waals surface area (Å²) < 4.78 is 0. The summed E-state index contributed by atoms with van der Waals surface area (Å²) >= 11 is 1.74. The van der Waals surface area contributed by atoms with Crippen LogP contribution in [0.2, 0.25) is 0 Å². The lowest BCUT2D eigenvalue weighted by Gasteiger charge is -2.37. The van der Waals surface area contributed by atoms with Gasteiger partial charge in [-0.25, -0.2) is 0 Å². The zero-order valence-corrected chi connectivity index (χ0v) is 11.8. The zero-order valence-electron chi connectivity index (χ0n) is 11.0. The van der Waals surface area contributed by atoms with Crippen molar-refractivity contribution in [2.75, 3.05) is 0 Å². The molecule has 1 saturated carbocycles. The Morgan fingerprint density at radius 2 is 2.44 bits per heavy atom. The smallest absolute Gasteiger partial charge is 0.309 e. The van der Waals surface area contributed by atoms with E-state index in [1.165, 1.54) is 11.3 Å². The molecule has 1 aromatic heterocycles. The second kappa shape index (κ2) is 5.87. The number of carbonyl (C=O) groups is 1. The van der Waals surface area contributed by atoms with Crippen LogP contribution in [0.15, 0.2) is 17.5 Å². The van der Waals surface area contributed by atoms with Crippen LogP contribution in [0.5, 0.6) is 0 Å². The summed E-state index contributed by atoms with van der Waals surface area (Å²) in [5, 5.41) is 11.7. The van der Waals surface area contributed by atoms with Gasteiger partial charge in [0, 0.05) is 4.88 Å². The molecule has 0 spiro atoms. The average molecular weight is 266 g/mol. The van der Waals surface area contributed by atoms with Crippen LogP contribution in [0.1, 0.15) is 50.3 Å². The Morgan fingerprint density at radius 1 is 1.61 bits per heavy atom. The van der Waals surface area contributed by atoms with Gasteiger partial charge in [0.25, 0.3) is 0 Å². The van der Waals surface area contributed by atoms with Crippen LogP contribution in [-0.2, 0) is 11.2 Å². The highest BCUT2D eigenvalue weighted by molar-refractivity contribution is 7.09. The van der Waals surface area contributed by atoms with E-state index in [9.17, 15) is 9.90 Å². The zero-order chi connectivity index (χ0) is 13.0. The fourth-order valence-electron chi connectivity index (χ4n) is 3.18. The van der Waals surface area contributed by atoms with Gasteiger partial charge in [-0.2, -0.15) is 0 Å². The molecule has 1 heterocycles. The Kier molecular flexibility index (Phi) is 4.44. The lowest BCUT2D eigenvalue weighted by Crippen LogP contribution is -2.36. The first-order valence-electron chi connectivity index (χ1n) is 6.92. The minimum Gasteiger partial charge on any atom is -0.481 e. The molecule has 1 aliphatic carbocycles. The molecule has 1 aliphatic rings. The van der Waals surface area contributed by atoms with Gasteiger partial charge >= 0.3 is 5.97 Å². The molecular weight excluding hydrogens is 244 g/mol. The van der Waals surface area contributed by atoms with E-state index in [0.717, 1.165) is 38.5 Å². The van der Waals surface area contributed by atoms with Crippen LogP contribution in [0.25, 0.3) is 0 Å². The van der Waals surface area contributed by atoms with Crippen LogP contribution < -0.4 is 0 Å². The molecule has 1 N–H and O–H groups in total. The van der Waals surface area contributed by atoms with Crippen LogP contribution in [0.3, 0.4) is 0 Å². The van der Waals surface area contributed by atoms with Crippen molar-refractivity contribution in [1.82, 2.24) is 0 Å². The monoisotopic (exact) mass is 266 g/mol. The average Bonchev–Trinajstić information content (AvgIpc) is 2.89. The number of thiophene rings is 1. The summed E-state index contributed by atoms with van der Waals surface area (Å²) in [6.07, 6.45) is 6.88. The van der Waals surface area contributed by atoms with Crippen molar-refractivity contribution in [3.63, 3.8) is 0 Å². The van der Waals surface area contributed by atoms with Crippen LogP contribution in [-0.4, -0.2) is 11.1 Å². The standard InChI is InChI=1S/C15H22O2S/c1-2-12-5-3-8-15(11-12,14(16)17)9-7-13-6-4-10-18-13/h4,6,10,12H,2-3,5,7-9,11H2,1H3,(H,16,17). The largest absolute Gasteiger partial charge is 0.481 e. The van der Waals surface area contributed by atoms with Gasteiger partial charge in [-0.3, -0.25) is 4.79 Å². The molecule has 0 saturated heterocycles. The van der Waals surface area contributed by atoms with Crippen LogP contribution in [0, 0.1) is 11.3 Å². The third kappa shape index (κ3) is 2.94. The van der Waals surface area contributed by atoms with Gasteiger partial charge in [0.05, 0.1) is 5.41 Å². The van der Waals surface area contributed by atoms with E-state index in [1.54, 1.807) is 11.3 Å². The molecule has 0 aromatic carbocycles. The Hall–Kier alpha value is -0.830. The number of aliphatic carboxylic acids is 1. The highest BCUT2D eigenvalue weighted by Gasteiger charge is 2.41. The van der Waals surface area contributed by atoms with Gasteiger partial charge in [-0.05, 0) is 43.0 Å². The normalized spacial score (nSPS) is 28.2. The molecule has 1 aromatic rings. The lowest BCUT2D eigenvalue weighted by molar-refractivity contribution is -0.152. The van der Waals surface area contributed by atoms with Crippen molar-refractivity contribution in [3.05, 3.63) is 22.4 Å². The summed E-state index contributed by atoms with van der Waals surface area (Å²) in [6.45, 7) is 2.18. The van der Waals surface area contributed by atoms with E-state index in [2.05, 4.69) is 18.4 Å². The third-order valence-electron chi connectivity index (χ3n) is 4.41. The van der Waals surface area contributed by atoms with Gasteiger partial charge in [-0.15, -0.1) is 11.3 Å². The third-order valence-corrected chi connectivity index (χ3v) is 5.34. The number of hydrogen-bond acceptors (Lipinski definition) is 2. The maximum atomic E-state index is 11.7. The first-order chi connectivity index (χ1) is 8.66. The Labute approximate surface area is 113 Å². The molecule has 100 valence electrons. The van der Waals surface area contributed by atoms with Gasteiger partial charge in [0.15, 0.2) is 0 Å². The second-order valence-corrected chi connectivity index (χ2v) is 6.57. The van der Waals surface area contributed by atoms with E-state index < -0.39 is 11.4 Å². The predicted molar refractivity (Wildman–Crippen MR) is 75.0 cm³/mol. The molecule has 3 heteroatoms. The molecule has 1 fully saturated rings. The highest BCUT2D eigenvalue weighted by Crippen LogP contribution is 2.44. The maximum absolute atomic E-state index is 11.7. The fourth-order valence-corrected chi connectivity index (χ4v) is 3.89. The summed E-state index contributed by atoms with van der Waals surface area (Å²) in [4.78, 5) is 13.0. The number of carboxylic acid groups (broad SMARTS) is 1. The summed E-state index contributed by atoms with van der Waals surface area (Å²) in [6, 6.07) is 4.16. The topological polar surface area (TPSA) is 37.3 Å². The number of carboxylic acids is 1. The molecule has 2 unspecified atom stereocenters. The number of rotatable bonds is 5. The molecule has 0 radical (unpaired) electrons. The predicted octanol–water partition coefficient (Wildman–Crippen LogP) is 4.35. The number of aryl methyl sites for hydroxylation is 1. The molecule has 0 amide bonds. The lowest BCUT2D eigenvalue weighted by atomic mass is 9.66. The molecule has 0 bridgehead atoms. The molecule has 2 atom stereocenters. The summed E-state index contributed by atoms with van der Waals surface area (Å²) in [5.74, 6) is 0.0374.